The van der Waals surface area contributed by atoms with Gasteiger partial charge in [-0.05, 0) is 23.2 Å². The first-order chi connectivity index (χ1) is 13.4. The fourth-order valence-electron chi connectivity index (χ4n) is 4.10. The van der Waals surface area contributed by atoms with E-state index in [2.05, 4.69) is 55.4 Å². The lowest BCUT2D eigenvalue weighted by Crippen LogP contribution is -2.35. The fraction of sp³-hybridized carbons (Fsp3) is 0.760. The van der Waals surface area contributed by atoms with Crippen LogP contribution in [-0.2, 0) is 10.8 Å². The van der Waals surface area contributed by atoms with Gasteiger partial charge in [-0.2, -0.15) is 0 Å². The highest BCUT2D eigenvalue weighted by molar-refractivity contribution is 7.13. The number of fused-ring (bicyclic) bond motifs is 1. The minimum absolute atomic E-state index is 0.0727. The molecule has 0 saturated carbocycles. The van der Waals surface area contributed by atoms with Crippen LogP contribution >= 0.6 is 11.3 Å². The van der Waals surface area contributed by atoms with Crippen molar-refractivity contribution in [3.05, 3.63) is 20.9 Å². The topological polar surface area (TPSA) is 37.4 Å². The number of imide groups is 1. The van der Waals surface area contributed by atoms with Crippen molar-refractivity contribution in [3.63, 3.8) is 0 Å². The minimum Gasteiger partial charge on any atom is -0.274 e. The van der Waals surface area contributed by atoms with Gasteiger partial charge in [0.25, 0.3) is 11.8 Å². The molecule has 164 valence electrons. The predicted molar refractivity (Wildman–Crippen MR) is 124 cm³/mol. The zero-order valence-corrected chi connectivity index (χ0v) is 20.7. The molecule has 0 bridgehead atoms. The molecule has 0 radical (unpaired) electrons. The van der Waals surface area contributed by atoms with Crippen LogP contribution in [0, 0.1) is 5.92 Å². The van der Waals surface area contributed by atoms with Crippen molar-refractivity contribution in [3.8, 4) is 0 Å². The molecule has 1 aliphatic heterocycles. The van der Waals surface area contributed by atoms with E-state index in [0.717, 1.165) is 16.2 Å². The van der Waals surface area contributed by atoms with E-state index in [-0.39, 0.29) is 22.6 Å². The van der Waals surface area contributed by atoms with Crippen molar-refractivity contribution >= 4 is 23.2 Å². The normalized spacial score (nSPS) is 15.9. The first kappa shape index (κ1) is 24.1. The summed E-state index contributed by atoms with van der Waals surface area (Å²) in [6.07, 6.45) is 8.72. The maximum Gasteiger partial charge on any atom is 0.262 e. The summed E-state index contributed by atoms with van der Waals surface area (Å²) in [6, 6.07) is 0. The Morgan fingerprint density at radius 3 is 1.69 bits per heavy atom. The highest BCUT2D eigenvalue weighted by Crippen LogP contribution is 2.46. The summed E-state index contributed by atoms with van der Waals surface area (Å²) >= 11 is 1.66. The Morgan fingerprint density at radius 2 is 1.24 bits per heavy atom. The van der Waals surface area contributed by atoms with E-state index < -0.39 is 0 Å². The Morgan fingerprint density at radius 1 is 0.793 bits per heavy atom. The van der Waals surface area contributed by atoms with E-state index >= 15 is 0 Å². The lowest BCUT2D eigenvalue weighted by Gasteiger charge is -2.23. The number of rotatable bonds is 9. The molecule has 4 heteroatoms. The number of hydrogen-bond donors (Lipinski definition) is 0. The highest BCUT2D eigenvalue weighted by atomic mass is 32.1. The summed E-state index contributed by atoms with van der Waals surface area (Å²) in [5.41, 5.74) is 1.08. The van der Waals surface area contributed by atoms with Crippen molar-refractivity contribution in [1.82, 2.24) is 4.90 Å². The molecule has 0 aromatic carbocycles. The first-order valence-corrected chi connectivity index (χ1v) is 12.2. The lowest BCUT2D eigenvalue weighted by atomic mass is 9.87. The molecular formula is C25H41NO2S. The van der Waals surface area contributed by atoms with Crippen LogP contribution in [0.4, 0.5) is 0 Å². The summed E-state index contributed by atoms with van der Waals surface area (Å²) in [4.78, 5) is 30.3. The summed E-state index contributed by atoms with van der Waals surface area (Å²) in [5.74, 6) is 0.200. The Hall–Kier alpha value is -1.16. The van der Waals surface area contributed by atoms with E-state index in [1.807, 2.05) is 0 Å². The van der Waals surface area contributed by atoms with Crippen molar-refractivity contribution in [1.29, 1.82) is 0 Å². The quantitative estimate of drug-likeness (QED) is 0.310. The van der Waals surface area contributed by atoms with Gasteiger partial charge in [-0.1, -0.05) is 93.9 Å². The number of carbonyl (C=O) groups is 2. The molecular weight excluding hydrogens is 378 g/mol. The van der Waals surface area contributed by atoms with Crippen LogP contribution in [0.25, 0.3) is 0 Å². The zero-order valence-electron chi connectivity index (χ0n) is 19.9. The number of carbonyl (C=O) groups excluding carboxylic acids is 2. The second kappa shape index (κ2) is 9.32. The lowest BCUT2D eigenvalue weighted by molar-refractivity contribution is 0.0628. The number of amides is 2. The third-order valence-corrected chi connectivity index (χ3v) is 7.77. The van der Waals surface area contributed by atoms with E-state index in [1.165, 1.54) is 43.4 Å². The molecule has 1 aromatic heterocycles. The molecule has 2 heterocycles. The van der Waals surface area contributed by atoms with Gasteiger partial charge in [0.05, 0.1) is 11.1 Å². The molecule has 3 nitrogen and oxygen atoms in total. The Balaban J connectivity index is 2.14. The van der Waals surface area contributed by atoms with Crippen LogP contribution in [0.15, 0.2) is 0 Å². The van der Waals surface area contributed by atoms with Gasteiger partial charge in [-0.15, -0.1) is 11.3 Å². The van der Waals surface area contributed by atoms with Crippen LogP contribution < -0.4 is 0 Å². The molecule has 0 fully saturated rings. The third-order valence-electron chi connectivity index (χ3n) is 5.73. The number of hydrogen-bond acceptors (Lipinski definition) is 3. The van der Waals surface area contributed by atoms with Crippen LogP contribution in [-0.4, -0.2) is 23.3 Å². The van der Waals surface area contributed by atoms with Gasteiger partial charge in [-0.3, -0.25) is 14.5 Å². The smallest absolute Gasteiger partial charge is 0.262 e. The van der Waals surface area contributed by atoms with E-state index in [4.69, 9.17) is 0 Å². The zero-order chi connectivity index (χ0) is 22.0. The van der Waals surface area contributed by atoms with Gasteiger partial charge in [0.15, 0.2) is 0 Å². The average Bonchev–Trinajstić information content (AvgIpc) is 3.11. The van der Waals surface area contributed by atoms with E-state index in [1.54, 1.807) is 11.3 Å². The van der Waals surface area contributed by atoms with Crippen molar-refractivity contribution in [2.45, 2.75) is 111 Å². The van der Waals surface area contributed by atoms with Gasteiger partial charge in [0, 0.05) is 16.3 Å². The largest absolute Gasteiger partial charge is 0.274 e. The van der Waals surface area contributed by atoms with Gasteiger partial charge in [0.1, 0.15) is 0 Å². The Bertz CT molecular complexity index is 685. The van der Waals surface area contributed by atoms with Crippen molar-refractivity contribution in [2.24, 2.45) is 5.92 Å². The SMILES string of the molecule is CCCCCCCCC(C)CN1C(=O)c2c(C(C)(C)C)sc(C(C)(C)C)c2C1=O. The highest BCUT2D eigenvalue weighted by Gasteiger charge is 2.45. The van der Waals surface area contributed by atoms with Gasteiger partial charge >= 0.3 is 0 Å². The molecule has 1 aromatic rings. The second-order valence-corrected chi connectivity index (χ2v) is 11.9. The van der Waals surface area contributed by atoms with Crippen LogP contribution in [0.2, 0.25) is 0 Å². The summed E-state index contributed by atoms with van der Waals surface area (Å²) in [6.45, 7) is 17.7. The molecule has 0 aliphatic carbocycles. The summed E-state index contributed by atoms with van der Waals surface area (Å²) in [5, 5.41) is 0. The fourth-order valence-corrected chi connectivity index (χ4v) is 5.50. The van der Waals surface area contributed by atoms with Crippen LogP contribution in [0.3, 0.4) is 0 Å². The van der Waals surface area contributed by atoms with Gasteiger partial charge in [-0.25, -0.2) is 0 Å². The number of nitrogens with zero attached hydrogens (tertiary/aromatic N) is 1. The number of unbranched alkanes of at least 4 members (excludes halogenated alkanes) is 5. The van der Waals surface area contributed by atoms with Crippen LogP contribution in [0.1, 0.15) is 131 Å². The maximum atomic E-state index is 13.3. The standard InChI is InChI=1S/C25H41NO2S/c1-9-10-11-12-13-14-15-17(2)16-26-22(27)18-19(23(26)28)21(25(6,7)8)29-20(18)24(3,4)5/h17H,9-16H2,1-8H3. The molecule has 2 amide bonds. The monoisotopic (exact) mass is 419 g/mol. The third kappa shape index (κ3) is 5.51. The van der Waals surface area contributed by atoms with Crippen molar-refractivity contribution in [2.75, 3.05) is 6.54 Å². The summed E-state index contributed by atoms with van der Waals surface area (Å²) < 4.78 is 0. The van der Waals surface area contributed by atoms with Crippen LogP contribution in [0.5, 0.6) is 0 Å². The van der Waals surface area contributed by atoms with Crippen molar-refractivity contribution < 1.29 is 9.59 Å². The van der Waals surface area contributed by atoms with E-state index in [9.17, 15) is 9.59 Å². The molecule has 1 aliphatic rings. The first-order valence-electron chi connectivity index (χ1n) is 11.4. The number of thiophene rings is 1. The Labute approximate surface area is 182 Å². The minimum atomic E-state index is -0.145. The molecule has 29 heavy (non-hydrogen) atoms. The van der Waals surface area contributed by atoms with Gasteiger partial charge < -0.3 is 0 Å². The molecule has 2 rings (SSSR count). The molecule has 0 spiro atoms. The molecule has 0 N–H and O–H groups in total. The van der Waals surface area contributed by atoms with Gasteiger partial charge in [0.2, 0.25) is 0 Å². The predicted octanol–water partition coefficient (Wildman–Crippen LogP) is 7.33. The van der Waals surface area contributed by atoms with E-state index in [0.29, 0.717) is 23.6 Å². The maximum absolute atomic E-state index is 13.3. The summed E-state index contributed by atoms with van der Waals surface area (Å²) in [7, 11) is 0. The molecule has 1 unspecified atom stereocenters. The Kier molecular flexibility index (Phi) is 7.75. The average molecular weight is 420 g/mol. The molecule has 0 saturated heterocycles. The second-order valence-electron chi connectivity index (χ2n) is 10.9. The molecule has 1 atom stereocenters.